The summed E-state index contributed by atoms with van der Waals surface area (Å²) in [4.78, 5) is 14.1. The molecule has 1 atom stereocenters. The van der Waals surface area contributed by atoms with Crippen molar-refractivity contribution >= 4 is 61.7 Å². The average molecular weight is 392 g/mol. The molecule has 2 fully saturated rings. The van der Waals surface area contributed by atoms with Crippen molar-refractivity contribution < 1.29 is 17.6 Å². The van der Waals surface area contributed by atoms with Crippen molar-refractivity contribution in [2.45, 2.75) is 12.5 Å². The molecule has 9 heteroatoms. The lowest BCUT2D eigenvalue weighted by Crippen LogP contribution is -2.39. The van der Waals surface area contributed by atoms with E-state index in [0.29, 0.717) is 6.42 Å². The van der Waals surface area contributed by atoms with Gasteiger partial charge in [-0.25, -0.2) is 12.8 Å². The first-order chi connectivity index (χ1) is 10.8. The Balaban J connectivity index is 1.91. The van der Waals surface area contributed by atoms with Crippen LogP contribution in [0.1, 0.15) is 12.0 Å². The Morgan fingerprint density at radius 2 is 2.17 bits per heavy atom. The van der Waals surface area contributed by atoms with E-state index in [-0.39, 0.29) is 31.3 Å². The Bertz CT molecular complexity index is 817. The van der Waals surface area contributed by atoms with Crippen LogP contribution in [0.3, 0.4) is 0 Å². The van der Waals surface area contributed by atoms with E-state index in [4.69, 9.17) is 23.8 Å². The molecule has 0 bridgehead atoms. The monoisotopic (exact) mass is 391 g/mol. The highest BCUT2D eigenvalue weighted by Crippen LogP contribution is 2.37. The van der Waals surface area contributed by atoms with Crippen LogP contribution >= 0.6 is 35.6 Å². The molecule has 1 amide bonds. The Labute approximate surface area is 147 Å². The predicted molar refractivity (Wildman–Crippen MR) is 93.5 cm³/mol. The Morgan fingerprint density at radius 1 is 1.43 bits per heavy atom. The van der Waals surface area contributed by atoms with Crippen LogP contribution in [-0.4, -0.2) is 41.1 Å². The van der Waals surface area contributed by atoms with Crippen LogP contribution in [0.5, 0.6) is 0 Å². The van der Waals surface area contributed by atoms with Gasteiger partial charge >= 0.3 is 0 Å². The number of hydrogen-bond donors (Lipinski definition) is 0. The van der Waals surface area contributed by atoms with Crippen molar-refractivity contribution in [2.24, 2.45) is 0 Å². The zero-order valence-electron chi connectivity index (χ0n) is 11.7. The normalized spacial score (nSPS) is 25.6. The molecule has 3 rings (SSSR count). The van der Waals surface area contributed by atoms with Gasteiger partial charge in [0.25, 0.3) is 5.91 Å². The number of rotatable bonds is 2. The smallest absolute Gasteiger partial charge is 0.266 e. The largest absolute Gasteiger partial charge is 0.289 e. The number of nitrogens with zero attached hydrogens (tertiary/aromatic N) is 1. The lowest BCUT2D eigenvalue weighted by molar-refractivity contribution is -0.123. The fraction of sp³-hybridized carbons (Fsp3) is 0.286. The zero-order valence-corrected chi connectivity index (χ0v) is 14.9. The van der Waals surface area contributed by atoms with Gasteiger partial charge < -0.3 is 0 Å². The van der Waals surface area contributed by atoms with Crippen LogP contribution in [0, 0.1) is 5.82 Å². The second-order valence-electron chi connectivity index (χ2n) is 5.24. The summed E-state index contributed by atoms with van der Waals surface area (Å²) >= 11 is 12.2. The Kier molecular flexibility index (Phi) is 4.52. The molecule has 0 aliphatic carbocycles. The van der Waals surface area contributed by atoms with E-state index >= 15 is 0 Å². The number of thioether (sulfide) groups is 1. The second-order valence-corrected chi connectivity index (χ2v) is 9.56. The van der Waals surface area contributed by atoms with Gasteiger partial charge in [0.15, 0.2) is 9.84 Å². The lowest BCUT2D eigenvalue weighted by atomic mass is 10.2. The number of sulfone groups is 1. The molecule has 2 saturated heterocycles. The third kappa shape index (κ3) is 3.31. The number of benzene rings is 1. The number of hydrogen-bond acceptors (Lipinski definition) is 5. The number of carbonyl (C=O) groups excluding carboxylic acids is 1. The molecule has 4 nitrogen and oxygen atoms in total. The molecule has 0 aromatic heterocycles. The summed E-state index contributed by atoms with van der Waals surface area (Å²) in [6.07, 6.45) is 1.73. The van der Waals surface area contributed by atoms with Crippen LogP contribution in [0.25, 0.3) is 6.08 Å². The van der Waals surface area contributed by atoms with E-state index in [1.807, 2.05) is 0 Å². The highest BCUT2D eigenvalue weighted by Gasteiger charge is 2.42. The number of amides is 1. The van der Waals surface area contributed by atoms with Crippen molar-refractivity contribution in [1.82, 2.24) is 4.90 Å². The molecule has 0 saturated carbocycles. The number of halogens is 2. The molecule has 0 spiro atoms. The first kappa shape index (κ1) is 16.9. The summed E-state index contributed by atoms with van der Waals surface area (Å²) in [5.41, 5.74) is 0.119. The van der Waals surface area contributed by atoms with Crippen LogP contribution in [-0.2, 0) is 14.6 Å². The molecule has 1 aromatic carbocycles. The molecule has 1 unspecified atom stereocenters. The molecule has 122 valence electrons. The lowest BCUT2D eigenvalue weighted by Gasteiger charge is -2.20. The summed E-state index contributed by atoms with van der Waals surface area (Å²) in [7, 11) is -3.13. The van der Waals surface area contributed by atoms with Gasteiger partial charge in [-0.05, 0) is 24.6 Å². The van der Waals surface area contributed by atoms with Crippen LogP contribution in [0.15, 0.2) is 23.1 Å². The molecular weight excluding hydrogens is 381 g/mol. The maximum Gasteiger partial charge on any atom is 0.266 e. The van der Waals surface area contributed by atoms with Crippen molar-refractivity contribution in [3.05, 3.63) is 39.5 Å². The summed E-state index contributed by atoms with van der Waals surface area (Å²) in [6.45, 7) is 0. The van der Waals surface area contributed by atoms with Gasteiger partial charge in [-0.3, -0.25) is 9.69 Å². The maximum absolute atomic E-state index is 13.9. The molecular formula is C14H11ClFNO3S3. The van der Waals surface area contributed by atoms with Crippen molar-refractivity contribution in [3.8, 4) is 0 Å². The molecule has 2 aliphatic rings. The van der Waals surface area contributed by atoms with Crippen molar-refractivity contribution in [1.29, 1.82) is 0 Å². The third-order valence-corrected chi connectivity index (χ3v) is 7.08. The standard InChI is InChI=1S/C14H11ClFNO3S3/c15-10-2-1-3-11(16)9(10)6-12-13(18)17(14(21)22-12)8-4-5-23(19,20)7-8/h1-3,6,8H,4-5,7H2/b12-6-. The number of carbonyl (C=O) groups is 1. The highest BCUT2D eigenvalue weighted by molar-refractivity contribution is 8.26. The van der Waals surface area contributed by atoms with E-state index in [1.165, 1.54) is 29.2 Å². The average Bonchev–Trinajstić information content (AvgIpc) is 2.94. The Hall–Kier alpha value is -0.960. The topological polar surface area (TPSA) is 54.5 Å². The summed E-state index contributed by atoms with van der Waals surface area (Å²) in [5, 5.41) is 0.193. The summed E-state index contributed by atoms with van der Waals surface area (Å²) in [5.74, 6) is -0.979. The third-order valence-electron chi connectivity index (χ3n) is 3.67. The molecule has 1 aromatic rings. The predicted octanol–water partition coefficient (Wildman–Crippen LogP) is 2.87. The Morgan fingerprint density at radius 3 is 2.78 bits per heavy atom. The molecule has 2 aliphatic heterocycles. The van der Waals surface area contributed by atoms with Crippen molar-refractivity contribution in [3.63, 3.8) is 0 Å². The highest BCUT2D eigenvalue weighted by atomic mass is 35.5. The molecule has 0 N–H and O–H groups in total. The van der Waals surface area contributed by atoms with Gasteiger partial charge in [-0.2, -0.15) is 0 Å². The van der Waals surface area contributed by atoms with E-state index in [0.717, 1.165) is 11.8 Å². The van der Waals surface area contributed by atoms with E-state index in [9.17, 15) is 17.6 Å². The SMILES string of the molecule is O=C1/C(=C/c2c(F)cccc2Cl)SC(=S)N1C1CCS(=O)(=O)C1. The minimum Gasteiger partial charge on any atom is -0.289 e. The van der Waals surface area contributed by atoms with E-state index in [2.05, 4.69) is 0 Å². The molecule has 23 heavy (non-hydrogen) atoms. The van der Waals surface area contributed by atoms with Crippen LogP contribution < -0.4 is 0 Å². The fourth-order valence-corrected chi connectivity index (χ4v) is 5.85. The van der Waals surface area contributed by atoms with E-state index < -0.39 is 27.6 Å². The first-order valence-electron chi connectivity index (χ1n) is 6.70. The van der Waals surface area contributed by atoms with Gasteiger partial charge in [0.05, 0.1) is 27.5 Å². The minimum atomic E-state index is -3.13. The first-order valence-corrected chi connectivity index (χ1v) is 10.1. The van der Waals surface area contributed by atoms with Gasteiger partial charge in [0, 0.05) is 5.56 Å². The van der Waals surface area contributed by atoms with E-state index in [1.54, 1.807) is 0 Å². The van der Waals surface area contributed by atoms with Crippen molar-refractivity contribution in [2.75, 3.05) is 11.5 Å². The summed E-state index contributed by atoms with van der Waals surface area (Å²) < 4.78 is 37.3. The second kappa shape index (κ2) is 6.16. The van der Waals surface area contributed by atoms with Gasteiger partial charge in [0.2, 0.25) is 0 Å². The fourth-order valence-electron chi connectivity index (χ4n) is 2.55. The quantitative estimate of drug-likeness (QED) is 0.573. The van der Waals surface area contributed by atoms with Crippen LogP contribution in [0.4, 0.5) is 4.39 Å². The van der Waals surface area contributed by atoms with Gasteiger partial charge in [0.1, 0.15) is 10.1 Å². The van der Waals surface area contributed by atoms with Gasteiger partial charge in [-0.15, -0.1) is 0 Å². The van der Waals surface area contributed by atoms with Gasteiger partial charge in [-0.1, -0.05) is 41.6 Å². The summed E-state index contributed by atoms with van der Waals surface area (Å²) in [6, 6.07) is 3.81. The maximum atomic E-state index is 13.9. The molecule has 2 heterocycles. The molecule has 0 radical (unpaired) electrons. The number of thiocarbonyl (C=S) groups is 1. The zero-order chi connectivity index (χ0) is 16.8. The minimum absolute atomic E-state index is 0.0485. The van der Waals surface area contributed by atoms with Crippen LogP contribution in [0.2, 0.25) is 5.02 Å².